The Labute approximate surface area is 126 Å². The summed E-state index contributed by atoms with van der Waals surface area (Å²) in [4.78, 5) is 12.1. The van der Waals surface area contributed by atoms with E-state index in [9.17, 15) is 4.79 Å². The van der Waals surface area contributed by atoms with Crippen molar-refractivity contribution in [3.8, 4) is 0 Å². The summed E-state index contributed by atoms with van der Waals surface area (Å²) in [5.74, 6) is 0.678. The maximum atomic E-state index is 12.1. The summed E-state index contributed by atoms with van der Waals surface area (Å²) in [6, 6.07) is 6.70. The molecule has 21 heavy (non-hydrogen) atoms. The highest BCUT2D eigenvalue weighted by Crippen LogP contribution is 2.40. The van der Waals surface area contributed by atoms with Crippen LogP contribution in [0.4, 0.5) is 5.69 Å². The van der Waals surface area contributed by atoms with Gasteiger partial charge in [-0.05, 0) is 56.8 Å². The van der Waals surface area contributed by atoms with Crippen LogP contribution in [0.25, 0.3) is 0 Å². The Morgan fingerprint density at radius 1 is 1.33 bits per heavy atom. The first-order chi connectivity index (χ1) is 10.0. The minimum atomic E-state index is -0.445. The summed E-state index contributed by atoms with van der Waals surface area (Å²) in [5.41, 5.74) is 2.89. The number of carbonyl (C=O) groups excluding carboxylic acids is 1. The molecule has 3 rings (SSSR count). The lowest BCUT2D eigenvalue weighted by Crippen LogP contribution is -2.30. The number of rotatable bonds is 3. The third-order valence-electron chi connectivity index (χ3n) is 4.94. The molecule has 2 N–H and O–H groups in total. The Balaban J connectivity index is 1.92. The third-order valence-corrected chi connectivity index (χ3v) is 4.94. The Bertz CT molecular complexity index is 548. The summed E-state index contributed by atoms with van der Waals surface area (Å²) in [7, 11) is 2.02. The number of hydrogen-bond donors (Lipinski definition) is 2. The smallest absolute Gasteiger partial charge is 0.234 e. The zero-order valence-corrected chi connectivity index (χ0v) is 13.0. The van der Waals surface area contributed by atoms with Crippen LogP contribution >= 0.6 is 0 Å². The quantitative estimate of drug-likeness (QED) is 0.899. The molecule has 2 heterocycles. The first-order valence-corrected chi connectivity index (χ1v) is 7.75. The van der Waals surface area contributed by atoms with Gasteiger partial charge in [0.15, 0.2) is 0 Å². The van der Waals surface area contributed by atoms with Crippen molar-refractivity contribution < 1.29 is 9.53 Å². The normalized spacial score (nSPS) is 22.7. The molecule has 2 aliphatic rings. The van der Waals surface area contributed by atoms with E-state index in [0.29, 0.717) is 12.0 Å². The van der Waals surface area contributed by atoms with Crippen molar-refractivity contribution in [1.82, 2.24) is 5.32 Å². The van der Waals surface area contributed by atoms with Gasteiger partial charge in [-0.1, -0.05) is 12.1 Å². The van der Waals surface area contributed by atoms with Crippen molar-refractivity contribution in [3.63, 3.8) is 0 Å². The van der Waals surface area contributed by atoms with Crippen LogP contribution in [0.5, 0.6) is 0 Å². The molecule has 4 heteroatoms. The predicted molar refractivity (Wildman–Crippen MR) is 83.4 cm³/mol. The monoisotopic (exact) mass is 288 g/mol. The van der Waals surface area contributed by atoms with Crippen molar-refractivity contribution in [2.24, 2.45) is 5.92 Å². The third kappa shape index (κ3) is 2.47. The van der Waals surface area contributed by atoms with Crippen LogP contribution in [0.15, 0.2) is 18.2 Å². The van der Waals surface area contributed by atoms with Gasteiger partial charge in [0.2, 0.25) is 5.91 Å². The number of benzene rings is 1. The van der Waals surface area contributed by atoms with Crippen LogP contribution in [0.1, 0.15) is 43.9 Å². The minimum absolute atomic E-state index is 0.0849. The Kier molecular flexibility index (Phi) is 3.76. The van der Waals surface area contributed by atoms with Crippen molar-refractivity contribution in [2.75, 3.05) is 25.6 Å². The molecule has 4 nitrogen and oxygen atoms in total. The van der Waals surface area contributed by atoms with Gasteiger partial charge in [0.25, 0.3) is 0 Å². The van der Waals surface area contributed by atoms with Gasteiger partial charge in [0, 0.05) is 24.9 Å². The molecule has 1 unspecified atom stereocenters. The zero-order valence-electron chi connectivity index (χ0n) is 13.0. The standard InChI is InChI=1S/C17H24N2O2/c1-17(2)13-10-12(4-5-14(13)19-16(17)20)15(18-3)11-6-8-21-9-7-11/h4-5,10-11,15,18H,6-9H2,1-3H3,(H,19,20). The number of amides is 1. The van der Waals surface area contributed by atoms with Gasteiger partial charge in [0.05, 0.1) is 5.41 Å². The van der Waals surface area contributed by atoms with E-state index in [0.717, 1.165) is 37.3 Å². The lowest BCUT2D eigenvalue weighted by molar-refractivity contribution is -0.119. The van der Waals surface area contributed by atoms with Crippen LogP contribution in [0.3, 0.4) is 0 Å². The van der Waals surface area contributed by atoms with E-state index in [-0.39, 0.29) is 5.91 Å². The highest BCUT2D eigenvalue weighted by molar-refractivity contribution is 6.05. The van der Waals surface area contributed by atoms with E-state index >= 15 is 0 Å². The second-order valence-corrected chi connectivity index (χ2v) is 6.60. The largest absolute Gasteiger partial charge is 0.381 e. The van der Waals surface area contributed by atoms with Crippen molar-refractivity contribution in [2.45, 2.75) is 38.1 Å². The second kappa shape index (κ2) is 5.43. The highest BCUT2D eigenvalue weighted by atomic mass is 16.5. The van der Waals surface area contributed by atoms with Gasteiger partial charge in [0.1, 0.15) is 0 Å². The molecule has 1 fully saturated rings. The summed E-state index contributed by atoms with van der Waals surface area (Å²) in [5, 5.41) is 6.43. The molecule has 114 valence electrons. The fourth-order valence-electron chi connectivity index (χ4n) is 3.51. The van der Waals surface area contributed by atoms with Crippen LogP contribution in [0.2, 0.25) is 0 Å². The first kappa shape index (κ1) is 14.5. The number of hydrogen-bond acceptors (Lipinski definition) is 3. The predicted octanol–water partition coefficient (Wildman–Crippen LogP) is 2.60. The van der Waals surface area contributed by atoms with E-state index in [2.05, 4.69) is 22.8 Å². The molecular formula is C17H24N2O2. The van der Waals surface area contributed by atoms with Gasteiger partial charge in [-0.2, -0.15) is 0 Å². The molecular weight excluding hydrogens is 264 g/mol. The molecule has 2 aliphatic heterocycles. The second-order valence-electron chi connectivity index (χ2n) is 6.60. The van der Waals surface area contributed by atoms with E-state index < -0.39 is 5.41 Å². The zero-order chi connectivity index (χ0) is 15.0. The number of nitrogens with one attached hydrogen (secondary N) is 2. The molecule has 0 aliphatic carbocycles. The van der Waals surface area contributed by atoms with E-state index in [1.165, 1.54) is 5.56 Å². The van der Waals surface area contributed by atoms with Crippen LogP contribution in [0, 0.1) is 5.92 Å². The Morgan fingerprint density at radius 2 is 2.05 bits per heavy atom. The molecule has 0 aromatic heterocycles. The maximum Gasteiger partial charge on any atom is 0.234 e. The average Bonchev–Trinajstić information content (AvgIpc) is 2.72. The summed E-state index contributed by atoms with van der Waals surface area (Å²) >= 11 is 0. The molecule has 0 radical (unpaired) electrons. The lowest BCUT2D eigenvalue weighted by atomic mass is 9.82. The van der Waals surface area contributed by atoms with Gasteiger partial charge in [-0.3, -0.25) is 4.79 Å². The van der Waals surface area contributed by atoms with Crippen LogP contribution in [-0.2, 0) is 14.9 Å². The minimum Gasteiger partial charge on any atom is -0.381 e. The highest BCUT2D eigenvalue weighted by Gasteiger charge is 2.39. The first-order valence-electron chi connectivity index (χ1n) is 7.75. The number of ether oxygens (including phenoxy) is 1. The van der Waals surface area contributed by atoms with E-state index in [1.807, 2.05) is 27.0 Å². The Morgan fingerprint density at radius 3 is 2.71 bits per heavy atom. The molecule has 1 amide bonds. The van der Waals surface area contributed by atoms with Crippen molar-refractivity contribution in [3.05, 3.63) is 29.3 Å². The Hall–Kier alpha value is -1.39. The van der Waals surface area contributed by atoms with Crippen LogP contribution < -0.4 is 10.6 Å². The van der Waals surface area contributed by atoms with Crippen molar-refractivity contribution >= 4 is 11.6 Å². The van der Waals surface area contributed by atoms with E-state index in [1.54, 1.807) is 0 Å². The molecule has 0 bridgehead atoms. The van der Waals surface area contributed by atoms with Gasteiger partial charge in [-0.25, -0.2) is 0 Å². The number of carbonyl (C=O) groups is 1. The fourth-order valence-corrected chi connectivity index (χ4v) is 3.51. The molecule has 1 aromatic rings. The van der Waals surface area contributed by atoms with E-state index in [4.69, 9.17) is 4.74 Å². The molecule has 1 atom stereocenters. The summed E-state index contributed by atoms with van der Waals surface area (Å²) in [6.45, 7) is 5.67. The summed E-state index contributed by atoms with van der Waals surface area (Å²) in [6.07, 6.45) is 2.17. The summed E-state index contributed by atoms with van der Waals surface area (Å²) < 4.78 is 5.47. The molecule has 1 aromatic carbocycles. The van der Waals surface area contributed by atoms with Gasteiger partial charge >= 0.3 is 0 Å². The van der Waals surface area contributed by atoms with Crippen LogP contribution in [-0.4, -0.2) is 26.2 Å². The van der Waals surface area contributed by atoms with Gasteiger partial charge < -0.3 is 15.4 Å². The fraction of sp³-hybridized carbons (Fsp3) is 0.588. The lowest BCUT2D eigenvalue weighted by Gasteiger charge is -2.31. The SMILES string of the molecule is CNC(c1ccc2c(c1)C(C)(C)C(=O)N2)C1CCOCC1. The number of fused-ring (bicyclic) bond motifs is 1. The maximum absolute atomic E-state index is 12.1. The number of anilines is 1. The molecule has 0 spiro atoms. The molecule has 1 saturated heterocycles. The average molecular weight is 288 g/mol. The topological polar surface area (TPSA) is 50.4 Å². The van der Waals surface area contributed by atoms with Crippen molar-refractivity contribution in [1.29, 1.82) is 0 Å². The van der Waals surface area contributed by atoms with Gasteiger partial charge in [-0.15, -0.1) is 0 Å². The molecule has 0 saturated carbocycles.